The normalized spacial score (nSPS) is 15.2. The summed E-state index contributed by atoms with van der Waals surface area (Å²) in [4.78, 5) is 0. The van der Waals surface area contributed by atoms with Crippen molar-refractivity contribution in [1.82, 2.24) is 0 Å². The lowest BCUT2D eigenvalue weighted by molar-refractivity contribution is 0.141. The predicted molar refractivity (Wildman–Crippen MR) is 34.3 cm³/mol. The first-order valence-corrected chi connectivity index (χ1v) is 2.50. The quantitative estimate of drug-likeness (QED) is 0.396. The van der Waals surface area contributed by atoms with E-state index in [1.807, 2.05) is 0 Å². The lowest BCUT2D eigenvalue weighted by Gasteiger charge is -2.04. The van der Waals surface area contributed by atoms with E-state index in [9.17, 15) is 0 Å². The molecule has 0 aromatic rings. The zero-order chi connectivity index (χ0) is 7.28. The van der Waals surface area contributed by atoms with Crippen molar-refractivity contribution >= 4 is 0 Å². The fourth-order valence-electron chi connectivity index (χ4n) is 0.298. The molecule has 4 nitrogen and oxygen atoms in total. The Morgan fingerprint density at radius 1 is 1.56 bits per heavy atom. The summed E-state index contributed by atoms with van der Waals surface area (Å²) in [5.74, 6) is 0.268. The van der Waals surface area contributed by atoms with Crippen LogP contribution in [-0.2, 0) is 9.47 Å². The van der Waals surface area contributed by atoms with E-state index in [-0.39, 0.29) is 5.88 Å². The molecular weight excluding hydrogens is 120 g/mol. The first kappa shape index (κ1) is 8.26. The van der Waals surface area contributed by atoms with Crippen molar-refractivity contribution in [3.05, 3.63) is 12.0 Å². The molecule has 0 heterocycles. The van der Waals surface area contributed by atoms with Crippen LogP contribution < -0.4 is 11.5 Å². The smallest absolute Gasteiger partial charge is 0.183 e. The maximum Gasteiger partial charge on any atom is 0.183 e. The SMILES string of the molecule is CO/C(N)=C/C(N)OC. The molecule has 0 aliphatic rings. The van der Waals surface area contributed by atoms with Gasteiger partial charge in [0.1, 0.15) is 6.23 Å². The van der Waals surface area contributed by atoms with Gasteiger partial charge in [0.15, 0.2) is 5.88 Å². The molecule has 4 N–H and O–H groups in total. The van der Waals surface area contributed by atoms with Crippen LogP contribution in [0.25, 0.3) is 0 Å². The summed E-state index contributed by atoms with van der Waals surface area (Å²) in [5.41, 5.74) is 10.5. The van der Waals surface area contributed by atoms with Gasteiger partial charge >= 0.3 is 0 Å². The minimum atomic E-state index is -0.482. The molecule has 0 saturated carbocycles. The van der Waals surface area contributed by atoms with E-state index >= 15 is 0 Å². The van der Waals surface area contributed by atoms with Crippen molar-refractivity contribution in [3.63, 3.8) is 0 Å². The van der Waals surface area contributed by atoms with E-state index in [1.165, 1.54) is 20.3 Å². The highest BCUT2D eigenvalue weighted by molar-refractivity contribution is 4.90. The van der Waals surface area contributed by atoms with E-state index in [1.54, 1.807) is 0 Å². The molecule has 0 amide bonds. The minimum absolute atomic E-state index is 0.268. The van der Waals surface area contributed by atoms with Crippen LogP contribution in [0.3, 0.4) is 0 Å². The van der Waals surface area contributed by atoms with Crippen LogP contribution in [0.2, 0.25) is 0 Å². The molecule has 0 bridgehead atoms. The molecule has 1 atom stereocenters. The second-order valence-electron chi connectivity index (χ2n) is 1.47. The average molecular weight is 132 g/mol. The molecule has 0 rings (SSSR count). The van der Waals surface area contributed by atoms with Crippen molar-refractivity contribution < 1.29 is 9.47 Å². The molecule has 0 radical (unpaired) electrons. The Kier molecular flexibility index (Phi) is 3.83. The molecular formula is C5H12N2O2. The largest absolute Gasteiger partial charge is 0.483 e. The molecule has 0 spiro atoms. The van der Waals surface area contributed by atoms with Crippen LogP contribution >= 0.6 is 0 Å². The Hall–Kier alpha value is -0.740. The fraction of sp³-hybridized carbons (Fsp3) is 0.600. The third-order valence-corrected chi connectivity index (χ3v) is 0.836. The molecule has 9 heavy (non-hydrogen) atoms. The van der Waals surface area contributed by atoms with Crippen molar-refractivity contribution in [2.75, 3.05) is 14.2 Å². The number of rotatable bonds is 3. The van der Waals surface area contributed by atoms with Crippen LogP contribution in [0, 0.1) is 0 Å². The lowest BCUT2D eigenvalue weighted by Crippen LogP contribution is -2.21. The van der Waals surface area contributed by atoms with E-state index < -0.39 is 6.23 Å². The Labute approximate surface area is 54.4 Å². The minimum Gasteiger partial charge on any atom is -0.483 e. The fourth-order valence-corrected chi connectivity index (χ4v) is 0.298. The summed E-state index contributed by atoms with van der Waals surface area (Å²) >= 11 is 0. The van der Waals surface area contributed by atoms with Gasteiger partial charge in [-0.15, -0.1) is 0 Å². The monoisotopic (exact) mass is 132 g/mol. The molecule has 0 saturated heterocycles. The number of nitrogens with two attached hydrogens (primary N) is 2. The molecule has 0 fully saturated rings. The first-order chi connectivity index (χ1) is 4.20. The zero-order valence-electron chi connectivity index (χ0n) is 5.63. The predicted octanol–water partition coefficient (Wildman–Crippen LogP) is -0.636. The number of ether oxygens (including phenoxy) is 2. The molecule has 0 aliphatic carbocycles. The van der Waals surface area contributed by atoms with Crippen molar-refractivity contribution in [1.29, 1.82) is 0 Å². The third-order valence-electron chi connectivity index (χ3n) is 0.836. The maximum absolute atomic E-state index is 5.29. The van der Waals surface area contributed by atoms with Gasteiger partial charge in [-0.1, -0.05) is 0 Å². The van der Waals surface area contributed by atoms with Crippen molar-refractivity contribution in [3.8, 4) is 0 Å². The van der Waals surface area contributed by atoms with Crippen molar-refractivity contribution in [2.24, 2.45) is 11.5 Å². The van der Waals surface area contributed by atoms with Gasteiger partial charge in [-0.25, -0.2) is 0 Å². The third kappa shape index (κ3) is 3.81. The highest BCUT2D eigenvalue weighted by Crippen LogP contribution is 1.87. The maximum atomic E-state index is 5.29. The Balaban J connectivity index is 3.64. The number of methoxy groups -OCH3 is 2. The Morgan fingerprint density at radius 2 is 2.11 bits per heavy atom. The number of hydrogen-bond donors (Lipinski definition) is 2. The van der Waals surface area contributed by atoms with Gasteiger partial charge in [0.25, 0.3) is 0 Å². The van der Waals surface area contributed by atoms with Gasteiger partial charge in [0, 0.05) is 13.2 Å². The molecule has 1 unspecified atom stereocenters. The highest BCUT2D eigenvalue weighted by atomic mass is 16.5. The second kappa shape index (κ2) is 4.17. The Bertz CT molecular complexity index is 103. The standard InChI is InChI=1S/C5H12N2O2/c1-8-4(6)3-5(7)9-2/h3-4H,6-7H2,1-2H3/b5-3+. The van der Waals surface area contributed by atoms with Gasteiger partial charge in [-0.05, 0) is 0 Å². The van der Waals surface area contributed by atoms with E-state index in [2.05, 4.69) is 9.47 Å². The summed E-state index contributed by atoms with van der Waals surface area (Å²) in [7, 11) is 2.96. The topological polar surface area (TPSA) is 70.5 Å². The van der Waals surface area contributed by atoms with Crippen LogP contribution in [0.5, 0.6) is 0 Å². The molecule has 0 aromatic heterocycles. The van der Waals surface area contributed by atoms with Gasteiger partial charge in [-0.3, -0.25) is 0 Å². The van der Waals surface area contributed by atoms with Crippen LogP contribution in [0.15, 0.2) is 12.0 Å². The van der Waals surface area contributed by atoms with Crippen LogP contribution in [-0.4, -0.2) is 20.4 Å². The molecule has 54 valence electrons. The van der Waals surface area contributed by atoms with Gasteiger partial charge in [0.05, 0.1) is 7.11 Å². The number of hydrogen-bond acceptors (Lipinski definition) is 4. The lowest BCUT2D eigenvalue weighted by atomic mass is 10.5. The summed E-state index contributed by atoms with van der Waals surface area (Å²) in [6.07, 6.45) is 0.991. The van der Waals surface area contributed by atoms with Crippen LogP contribution in [0.4, 0.5) is 0 Å². The van der Waals surface area contributed by atoms with Gasteiger partial charge < -0.3 is 20.9 Å². The summed E-state index contributed by atoms with van der Waals surface area (Å²) in [6.45, 7) is 0. The molecule has 0 aliphatic heterocycles. The van der Waals surface area contributed by atoms with Crippen LogP contribution in [0.1, 0.15) is 0 Å². The Morgan fingerprint density at radius 3 is 2.44 bits per heavy atom. The van der Waals surface area contributed by atoms with Gasteiger partial charge in [-0.2, -0.15) is 0 Å². The van der Waals surface area contributed by atoms with E-state index in [0.717, 1.165) is 0 Å². The van der Waals surface area contributed by atoms with E-state index in [0.29, 0.717) is 0 Å². The van der Waals surface area contributed by atoms with E-state index in [4.69, 9.17) is 11.5 Å². The summed E-state index contributed by atoms with van der Waals surface area (Å²) in [6, 6.07) is 0. The van der Waals surface area contributed by atoms with Crippen molar-refractivity contribution in [2.45, 2.75) is 6.23 Å². The second-order valence-corrected chi connectivity index (χ2v) is 1.47. The highest BCUT2D eigenvalue weighted by Gasteiger charge is 1.93. The first-order valence-electron chi connectivity index (χ1n) is 2.50. The molecule has 4 heteroatoms. The van der Waals surface area contributed by atoms with Gasteiger partial charge in [0.2, 0.25) is 0 Å². The summed E-state index contributed by atoms with van der Waals surface area (Å²) < 4.78 is 9.27. The molecule has 0 aromatic carbocycles. The average Bonchev–Trinajstić information content (AvgIpc) is 1.87. The summed E-state index contributed by atoms with van der Waals surface area (Å²) in [5, 5.41) is 0. The zero-order valence-corrected chi connectivity index (χ0v) is 5.63.